The van der Waals surface area contributed by atoms with Crippen molar-refractivity contribution in [2.24, 2.45) is 0 Å². The highest BCUT2D eigenvalue weighted by Crippen LogP contribution is 2.19. The summed E-state index contributed by atoms with van der Waals surface area (Å²) in [5.74, 6) is 0. The van der Waals surface area contributed by atoms with Gasteiger partial charge in [0.15, 0.2) is 0 Å². The quantitative estimate of drug-likeness (QED) is 0.758. The molecule has 0 amide bonds. The maximum absolute atomic E-state index is 9.02. The van der Waals surface area contributed by atoms with Crippen LogP contribution in [0.1, 0.15) is 19.8 Å². The van der Waals surface area contributed by atoms with Crippen molar-refractivity contribution in [3.05, 3.63) is 0 Å². The van der Waals surface area contributed by atoms with Gasteiger partial charge < -0.3 is 10.0 Å². The fraction of sp³-hybridized carbons (Fsp3) is 1.00. The normalized spacial score (nSPS) is 30.9. The Kier molecular flexibility index (Phi) is 4.79. The van der Waals surface area contributed by atoms with Crippen molar-refractivity contribution in [1.82, 2.24) is 14.7 Å². The van der Waals surface area contributed by atoms with Crippen molar-refractivity contribution in [3.8, 4) is 0 Å². The Bertz CT molecular complexity index is 229. The zero-order valence-electron chi connectivity index (χ0n) is 11.3. The number of aliphatic hydroxyl groups is 1. The third-order valence-corrected chi connectivity index (χ3v) is 4.39. The van der Waals surface area contributed by atoms with Crippen molar-refractivity contribution in [2.45, 2.75) is 31.8 Å². The average Bonchev–Trinajstić information content (AvgIpc) is 2.33. The topological polar surface area (TPSA) is 30.0 Å². The zero-order chi connectivity index (χ0) is 12.3. The Balaban J connectivity index is 1.80. The maximum Gasteiger partial charge on any atom is 0.0558 e. The van der Waals surface area contributed by atoms with Gasteiger partial charge in [-0.3, -0.25) is 9.80 Å². The molecule has 1 N–H and O–H groups in total. The van der Waals surface area contributed by atoms with Crippen LogP contribution in [-0.4, -0.2) is 84.8 Å². The predicted octanol–water partition coefficient (Wildman–Crippen LogP) is 0.0790. The van der Waals surface area contributed by atoms with Crippen LogP contribution in [0.3, 0.4) is 0 Å². The summed E-state index contributed by atoms with van der Waals surface area (Å²) in [6.07, 6.45) is 2.65. The van der Waals surface area contributed by atoms with Crippen LogP contribution in [0.4, 0.5) is 0 Å². The second-order valence-electron chi connectivity index (χ2n) is 5.64. The number of rotatable bonds is 3. The molecule has 0 spiro atoms. The van der Waals surface area contributed by atoms with Crippen molar-refractivity contribution in [1.29, 1.82) is 0 Å². The largest absolute Gasteiger partial charge is 0.395 e. The van der Waals surface area contributed by atoms with Crippen molar-refractivity contribution in [3.63, 3.8) is 0 Å². The third-order valence-electron chi connectivity index (χ3n) is 4.39. The minimum Gasteiger partial charge on any atom is -0.395 e. The van der Waals surface area contributed by atoms with Crippen molar-refractivity contribution >= 4 is 0 Å². The number of hydrogen-bond acceptors (Lipinski definition) is 4. The summed E-state index contributed by atoms with van der Waals surface area (Å²) in [6, 6.07) is 1.39. The lowest BCUT2D eigenvalue weighted by Gasteiger charge is -2.45. The summed E-state index contributed by atoms with van der Waals surface area (Å²) < 4.78 is 0. The molecule has 4 nitrogen and oxygen atoms in total. The third kappa shape index (κ3) is 3.41. The lowest BCUT2D eigenvalue weighted by Crippen LogP contribution is -2.56. The molecule has 2 aliphatic heterocycles. The van der Waals surface area contributed by atoms with Gasteiger partial charge in [0.25, 0.3) is 0 Å². The van der Waals surface area contributed by atoms with E-state index >= 15 is 0 Å². The Labute approximate surface area is 105 Å². The Morgan fingerprint density at radius 3 is 2.41 bits per heavy atom. The van der Waals surface area contributed by atoms with Crippen LogP contribution < -0.4 is 0 Å². The van der Waals surface area contributed by atoms with E-state index in [1.807, 2.05) is 0 Å². The van der Waals surface area contributed by atoms with Gasteiger partial charge in [-0.1, -0.05) is 0 Å². The molecule has 1 atom stereocenters. The van der Waals surface area contributed by atoms with Gasteiger partial charge in [-0.25, -0.2) is 0 Å². The monoisotopic (exact) mass is 241 g/mol. The first-order chi connectivity index (χ1) is 8.20. The molecule has 0 radical (unpaired) electrons. The molecule has 0 aromatic heterocycles. The lowest BCUT2D eigenvalue weighted by molar-refractivity contribution is 0.0270. The molecule has 0 aromatic rings. The summed E-state index contributed by atoms with van der Waals surface area (Å²) in [4.78, 5) is 7.51. The Hall–Kier alpha value is -0.160. The highest BCUT2D eigenvalue weighted by atomic mass is 16.3. The number of piperidine rings is 1. The molecule has 2 saturated heterocycles. The smallest absolute Gasteiger partial charge is 0.0558 e. The van der Waals surface area contributed by atoms with E-state index in [-0.39, 0.29) is 0 Å². The van der Waals surface area contributed by atoms with E-state index in [0.29, 0.717) is 12.6 Å². The first-order valence-corrected chi connectivity index (χ1v) is 6.98. The molecule has 4 heteroatoms. The predicted molar refractivity (Wildman–Crippen MR) is 70.2 cm³/mol. The standard InChI is InChI=1S/C13H27N3O/c1-12-11-16(8-7-15(12)9-10-17)13-3-5-14(2)6-4-13/h12-13,17H,3-11H2,1-2H3. The number of β-amino-alcohol motifs (C(OH)–C–C–N with tert-alkyl or cyclic N) is 1. The molecule has 1 unspecified atom stereocenters. The number of hydrogen-bond donors (Lipinski definition) is 1. The maximum atomic E-state index is 9.02. The molecule has 2 fully saturated rings. The van der Waals surface area contributed by atoms with Crippen LogP contribution in [0.5, 0.6) is 0 Å². The molecular formula is C13H27N3O. The van der Waals surface area contributed by atoms with Crippen LogP contribution >= 0.6 is 0 Å². The molecule has 0 aromatic carbocycles. The van der Waals surface area contributed by atoms with Gasteiger partial charge in [0.1, 0.15) is 0 Å². The molecule has 0 saturated carbocycles. The number of aliphatic hydroxyl groups excluding tert-OH is 1. The van der Waals surface area contributed by atoms with E-state index in [9.17, 15) is 0 Å². The molecule has 0 aliphatic carbocycles. The van der Waals surface area contributed by atoms with Gasteiger partial charge in [0.05, 0.1) is 6.61 Å². The molecular weight excluding hydrogens is 214 g/mol. The van der Waals surface area contributed by atoms with E-state index in [1.165, 1.54) is 39.0 Å². The highest BCUT2D eigenvalue weighted by molar-refractivity contribution is 4.85. The molecule has 2 rings (SSSR count). The summed E-state index contributed by atoms with van der Waals surface area (Å²) >= 11 is 0. The molecule has 2 aliphatic rings. The summed E-state index contributed by atoms with van der Waals surface area (Å²) in [6.45, 7) is 9.38. The highest BCUT2D eigenvalue weighted by Gasteiger charge is 2.29. The van der Waals surface area contributed by atoms with E-state index < -0.39 is 0 Å². The van der Waals surface area contributed by atoms with Gasteiger partial charge in [-0.2, -0.15) is 0 Å². The average molecular weight is 241 g/mol. The van der Waals surface area contributed by atoms with E-state index in [0.717, 1.165) is 19.1 Å². The van der Waals surface area contributed by atoms with Gasteiger partial charge >= 0.3 is 0 Å². The van der Waals surface area contributed by atoms with Crippen molar-refractivity contribution < 1.29 is 5.11 Å². The number of likely N-dealkylation sites (tertiary alicyclic amines) is 1. The van der Waals surface area contributed by atoms with Crippen LogP contribution in [0.2, 0.25) is 0 Å². The van der Waals surface area contributed by atoms with Crippen LogP contribution in [0.15, 0.2) is 0 Å². The van der Waals surface area contributed by atoms with E-state index in [2.05, 4.69) is 28.7 Å². The second-order valence-corrected chi connectivity index (χ2v) is 5.64. The van der Waals surface area contributed by atoms with Crippen LogP contribution in [0, 0.1) is 0 Å². The zero-order valence-corrected chi connectivity index (χ0v) is 11.3. The van der Waals surface area contributed by atoms with Crippen LogP contribution in [0.25, 0.3) is 0 Å². The Morgan fingerprint density at radius 1 is 1.12 bits per heavy atom. The lowest BCUT2D eigenvalue weighted by atomic mass is 10.0. The first-order valence-electron chi connectivity index (χ1n) is 6.98. The Morgan fingerprint density at radius 2 is 1.82 bits per heavy atom. The van der Waals surface area contributed by atoms with Crippen LogP contribution in [-0.2, 0) is 0 Å². The molecule has 100 valence electrons. The van der Waals surface area contributed by atoms with E-state index in [1.54, 1.807) is 0 Å². The fourth-order valence-corrected chi connectivity index (χ4v) is 3.18. The fourth-order valence-electron chi connectivity index (χ4n) is 3.18. The molecule has 2 heterocycles. The minimum absolute atomic E-state index is 0.290. The molecule has 0 bridgehead atoms. The first kappa shape index (κ1) is 13.3. The number of nitrogens with zero attached hydrogens (tertiary/aromatic N) is 3. The van der Waals surface area contributed by atoms with Gasteiger partial charge in [-0.05, 0) is 39.9 Å². The molecule has 17 heavy (non-hydrogen) atoms. The van der Waals surface area contributed by atoms with Gasteiger partial charge in [0, 0.05) is 38.3 Å². The summed E-state index contributed by atoms with van der Waals surface area (Å²) in [7, 11) is 2.22. The van der Waals surface area contributed by atoms with Gasteiger partial charge in [0.2, 0.25) is 0 Å². The summed E-state index contributed by atoms with van der Waals surface area (Å²) in [5.41, 5.74) is 0. The van der Waals surface area contributed by atoms with Gasteiger partial charge in [-0.15, -0.1) is 0 Å². The van der Waals surface area contributed by atoms with Crippen molar-refractivity contribution in [2.75, 3.05) is 52.9 Å². The SMILES string of the molecule is CC1CN(C2CCN(C)CC2)CCN1CCO. The van der Waals surface area contributed by atoms with E-state index in [4.69, 9.17) is 5.11 Å². The second kappa shape index (κ2) is 6.14. The minimum atomic E-state index is 0.290. The number of piperazine rings is 1. The summed E-state index contributed by atoms with van der Waals surface area (Å²) in [5, 5.41) is 9.02.